The number of rotatable bonds is 1. The number of aliphatic carboxylic acids is 1. The summed E-state index contributed by atoms with van der Waals surface area (Å²) in [6.07, 6.45) is 7.71. The van der Waals surface area contributed by atoms with Crippen molar-refractivity contribution in [1.82, 2.24) is 0 Å². The van der Waals surface area contributed by atoms with Gasteiger partial charge in [-0.3, -0.25) is 4.79 Å². The standard InChI is InChI=1S/C21H27ClO4/c1-19-9-10-21(26)15(14(19)5-6-16(19)17(22)18(24)25)4-3-12-11-13(23)7-8-20(12,21)2/h11,14-15,26H,3-10H2,1-2H3,(H,24,25)/t14-,15-,19-,20-,21+/m0/s1. The summed E-state index contributed by atoms with van der Waals surface area (Å²) in [6.45, 7) is 4.28. The monoisotopic (exact) mass is 378 g/mol. The fourth-order valence-electron chi connectivity index (χ4n) is 6.81. The van der Waals surface area contributed by atoms with E-state index in [2.05, 4.69) is 13.8 Å². The first-order valence-corrected chi connectivity index (χ1v) is 10.1. The van der Waals surface area contributed by atoms with Crippen LogP contribution in [0.3, 0.4) is 0 Å². The Morgan fingerprint density at radius 2 is 1.81 bits per heavy atom. The van der Waals surface area contributed by atoms with Crippen LogP contribution in [0.1, 0.15) is 65.2 Å². The molecule has 0 unspecified atom stereocenters. The van der Waals surface area contributed by atoms with E-state index < -0.39 is 11.6 Å². The zero-order chi connectivity index (χ0) is 18.9. The Kier molecular flexibility index (Phi) is 3.99. The first-order valence-electron chi connectivity index (χ1n) is 9.72. The van der Waals surface area contributed by atoms with Crippen molar-refractivity contribution in [3.05, 3.63) is 22.3 Å². The molecular weight excluding hydrogens is 352 g/mol. The van der Waals surface area contributed by atoms with E-state index in [0.717, 1.165) is 36.8 Å². The maximum absolute atomic E-state index is 11.9. The number of carbonyl (C=O) groups excluding carboxylic acids is 1. The molecule has 0 bridgehead atoms. The Morgan fingerprint density at radius 3 is 2.50 bits per heavy atom. The molecular formula is C21H27ClO4. The summed E-state index contributed by atoms with van der Waals surface area (Å²) in [7, 11) is 0. The molecule has 5 atom stereocenters. The molecule has 0 spiro atoms. The Morgan fingerprint density at radius 1 is 1.12 bits per heavy atom. The topological polar surface area (TPSA) is 74.6 Å². The highest BCUT2D eigenvalue weighted by atomic mass is 35.5. The predicted molar refractivity (Wildman–Crippen MR) is 98.7 cm³/mol. The van der Waals surface area contributed by atoms with Crippen molar-refractivity contribution < 1.29 is 19.8 Å². The van der Waals surface area contributed by atoms with Gasteiger partial charge in [0.05, 0.1) is 5.60 Å². The number of hydrogen-bond acceptors (Lipinski definition) is 3. The lowest BCUT2D eigenvalue weighted by Gasteiger charge is -2.62. The number of aliphatic hydroxyl groups is 1. The molecule has 0 amide bonds. The van der Waals surface area contributed by atoms with E-state index in [1.165, 1.54) is 0 Å². The van der Waals surface area contributed by atoms with Gasteiger partial charge in [0.15, 0.2) is 5.78 Å². The Labute approximate surface area is 159 Å². The summed E-state index contributed by atoms with van der Waals surface area (Å²) in [5.74, 6) is -0.483. The molecule has 3 fully saturated rings. The first kappa shape index (κ1) is 18.2. The number of carboxylic acids is 1. The van der Waals surface area contributed by atoms with Gasteiger partial charge in [0.2, 0.25) is 0 Å². The van der Waals surface area contributed by atoms with E-state index in [0.29, 0.717) is 25.7 Å². The van der Waals surface area contributed by atoms with Crippen LogP contribution in [0.4, 0.5) is 0 Å². The molecule has 2 N–H and O–H groups in total. The molecule has 0 aromatic rings. The zero-order valence-electron chi connectivity index (χ0n) is 15.5. The number of halogens is 1. The van der Waals surface area contributed by atoms with Crippen molar-refractivity contribution in [2.24, 2.45) is 22.7 Å². The molecule has 0 radical (unpaired) electrons. The average molecular weight is 379 g/mol. The highest BCUT2D eigenvalue weighted by Gasteiger charge is 2.65. The molecule has 4 nitrogen and oxygen atoms in total. The maximum atomic E-state index is 11.9. The Bertz CT molecular complexity index is 753. The normalized spacial score (nSPS) is 46.8. The van der Waals surface area contributed by atoms with Crippen LogP contribution in [-0.2, 0) is 9.59 Å². The molecule has 0 aromatic carbocycles. The van der Waals surface area contributed by atoms with Gasteiger partial charge in [0, 0.05) is 11.8 Å². The van der Waals surface area contributed by atoms with E-state index in [9.17, 15) is 19.8 Å². The Hall–Kier alpha value is -1.13. The molecule has 4 aliphatic carbocycles. The van der Waals surface area contributed by atoms with Crippen molar-refractivity contribution in [1.29, 1.82) is 0 Å². The van der Waals surface area contributed by atoms with Gasteiger partial charge in [-0.15, -0.1) is 0 Å². The van der Waals surface area contributed by atoms with Crippen LogP contribution in [0.2, 0.25) is 0 Å². The summed E-state index contributed by atoms with van der Waals surface area (Å²) < 4.78 is 0. The van der Waals surface area contributed by atoms with Gasteiger partial charge in [-0.05, 0) is 73.8 Å². The van der Waals surface area contributed by atoms with Gasteiger partial charge < -0.3 is 10.2 Å². The number of hydrogen-bond donors (Lipinski definition) is 2. The van der Waals surface area contributed by atoms with Crippen LogP contribution < -0.4 is 0 Å². The van der Waals surface area contributed by atoms with E-state index in [1.54, 1.807) is 6.08 Å². The third kappa shape index (κ3) is 2.18. The van der Waals surface area contributed by atoms with Crippen LogP contribution in [0, 0.1) is 22.7 Å². The molecule has 3 saturated carbocycles. The molecule has 4 rings (SSSR count). The fourth-order valence-corrected chi connectivity index (χ4v) is 7.12. The van der Waals surface area contributed by atoms with Crippen LogP contribution in [0.5, 0.6) is 0 Å². The lowest BCUT2D eigenvalue weighted by molar-refractivity contribution is -0.183. The summed E-state index contributed by atoms with van der Waals surface area (Å²) in [4.78, 5) is 23.3. The molecule has 0 saturated heterocycles. The first-order chi connectivity index (χ1) is 12.1. The van der Waals surface area contributed by atoms with Crippen LogP contribution in [0.25, 0.3) is 0 Å². The maximum Gasteiger partial charge on any atom is 0.347 e. The van der Waals surface area contributed by atoms with E-state index in [1.807, 2.05) is 0 Å². The number of carboxylic acid groups (broad SMARTS) is 1. The second kappa shape index (κ2) is 5.68. The van der Waals surface area contributed by atoms with Gasteiger partial charge in [-0.25, -0.2) is 4.79 Å². The molecule has 26 heavy (non-hydrogen) atoms. The second-order valence-electron chi connectivity index (χ2n) is 9.20. The Balaban J connectivity index is 1.75. The van der Waals surface area contributed by atoms with Crippen molar-refractivity contribution in [2.45, 2.75) is 70.8 Å². The quantitative estimate of drug-likeness (QED) is 0.670. The molecule has 0 heterocycles. The average Bonchev–Trinajstić information content (AvgIpc) is 2.93. The zero-order valence-corrected chi connectivity index (χ0v) is 16.2. The van der Waals surface area contributed by atoms with E-state index >= 15 is 0 Å². The largest absolute Gasteiger partial charge is 0.477 e. The SMILES string of the molecule is C[C@]12CCC(=O)C=C1CC[C@H]1[C@@H]3CCC(=C(Cl)C(=O)O)[C@@]3(C)CC[C@@]12O. The van der Waals surface area contributed by atoms with Crippen LogP contribution in [0.15, 0.2) is 22.3 Å². The molecule has 5 heteroatoms. The minimum Gasteiger partial charge on any atom is -0.477 e. The van der Waals surface area contributed by atoms with Crippen molar-refractivity contribution in [3.8, 4) is 0 Å². The van der Waals surface area contributed by atoms with Gasteiger partial charge in [0.1, 0.15) is 5.03 Å². The third-order valence-electron chi connectivity index (χ3n) is 8.39. The van der Waals surface area contributed by atoms with Crippen molar-refractivity contribution in [3.63, 3.8) is 0 Å². The predicted octanol–water partition coefficient (Wildman–Crippen LogP) is 4.21. The van der Waals surface area contributed by atoms with E-state index in [4.69, 9.17) is 11.6 Å². The molecule has 142 valence electrons. The summed E-state index contributed by atoms with van der Waals surface area (Å²) in [6, 6.07) is 0. The minimum absolute atomic E-state index is 0.0219. The highest BCUT2D eigenvalue weighted by Crippen LogP contribution is 2.68. The van der Waals surface area contributed by atoms with Gasteiger partial charge in [-0.1, -0.05) is 31.0 Å². The third-order valence-corrected chi connectivity index (χ3v) is 8.78. The smallest absolute Gasteiger partial charge is 0.347 e. The fraction of sp³-hybridized carbons (Fsp3) is 0.714. The van der Waals surface area contributed by atoms with Gasteiger partial charge in [-0.2, -0.15) is 0 Å². The van der Waals surface area contributed by atoms with Gasteiger partial charge >= 0.3 is 5.97 Å². The molecule has 4 aliphatic rings. The summed E-state index contributed by atoms with van der Waals surface area (Å²) in [5, 5.41) is 21.3. The molecule has 0 aliphatic heterocycles. The van der Waals surface area contributed by atoms with Gasteiger partial charge in [0.25, 0.3) is 0 Å². The van der Waals surface area contributed by atoms with Crippen LogP contribution in [-0.4, -0.2) is 27.6 Å². The van der Waals surface area contributed by atoms with Crippen LogP contribution >= 0.6 is 11.6 Å². The molecule has 0 aromatic heterocycles. The van der Waals surface area contributed by atoms with Crippen molar-refractivity contribution >= 4 is 23.4 Å². The summed E-state index contributed by atoms with van der Waals surface area (Å²) >= 11 is 6.17. The number of carbonyl (C=O) groups is 2. The second-order valence-corrected chi connectivity index (χ2v) is 9.58. The number of fused-ring (bicyclic) bond motifs is 5. The highest BCUT2D eigenvalue weighted by molar-refractivity contribution is 6.41. The minimum atomic E-state index is -1.05. The number of ketones is 1. The van der Waals surface area contributed by atoms with Crippen molar-refractivity contribution in [2.75, 3.05) is 0 Å². The van der Waals surface area contributed by atoms with E-state index in [-0.39, 0.29) is 33.5 Å². The lowest BCUT2D eigenvalue weighted by Crippen LogP contribution is -2.62. The number of allylic oxidation sites excluding steroid dienone is 1. The summed E-state index contributed by atoms with van der Waals surface area (Å²) in [5.41, 5.74) is 0.591. The lowest BCUT2D eigenvalue weighted by atomic mass is 9.45.